The van der Waals surface area contributed by atoms with Crippen LogP contribution < -0.4 is 9.64 Å². The summed E-state index contributed by atoms with van der Waals surface area (Å²) >= 11 is 0. The van der Waals surface area contributed by atoms with Gasteiger partial charge in [-0.25, -0.2) is 0 Å². The van der Waals surface area contributed by atoms with Crippen molar-refractivity contribution in [2.75, 3.05) is 19.1 Å². The predicted octanol–water partition coefficient (Wildman–Crippen LogP) is 2.99. The van der Waals surface area contributed by atoms with Gasteiger partial charge in [0.15, 0.2) is 0 Å². The van der Waals surface area contributed by atoms with Crippen molar-refractivity contribution in [1.29, 1.82) is 0 Å². The number of anilines is 1. The number of rotatable bonds is 3. The molecule has 2 rings (SSSR count). The van der Waals surface area contributed by atoms with Crippen molar-refractivity contribution in [2.24, 2.45) is 0 Å². The minimum Gasteiger partial charge on any atom is -0.507 e. The number of hydrogen-bond acceptors (Lipinski definition) is 3. The molecule has 0 aliphatic carbocycles. The van der Waals surface area contributed by atoms with Gasteiger partial charge >= 0.3 is 0 Å². The first-order valence-corrected chi connectivity index (χ1v) is 6.24. The Morgan fingerprint density at radius 3 is 2.40 bits per heavy atom. The number of benzene rings is 2. The molecule has 0 saturated heterocycles. The van der Waals surface area contributed by atoms with E-state index in [1.165, 1.54) is 24.1 Å². The normalized spacial score (nSPS) is 10.2. The maximum atomic E-state index is 12.4. The van der Waals surface area contributed by atoms with Crippen molar-refractivity contribution in [2.45, 2.75) is 6.92 Å². The fraction of sp³-hybridized carbons (Fsp3) is 0.188. The van der Waals surface area contributed by atoms with Gasteiger partial charge < -0.3 is 14.7 Å². The molecule has 0 unspecified atom stereocenters. The molecule has 1 amide bonds. The first-order valence-electron chi connectivity index (χ1n) is 6.24. The molecule has 4 heteroatoms. The zero-order valence-corrected chi connectivity index (χ0v) is 11.8. The Balaban J connectivity index is 2.33. The van der Waals surface area contributed by atoms with Gasteiger partial charge in [0.1, 0.15) is 11.5 Å². The van der Waals surface area contributed by atoms with Crippen molar-refractivity contribution in [3.05, 3.63) is 53.6 Å². The fourth-order valence-corrected chi connectivity index (χ4v) is 1.88. The Hall–Kier alpha value is -2.49. The summed E-state index contributed by atoms with van der Waals surface area (Å²) < 4.78 is 5.08. The summed E-state index contributed by atoms with van der Waals surface area (Å²) in [6.07, 6.45) is 0. The van der Waals surface area contributed by atoms with Crippen LogP contribution in [-0.2, 0) is 0 Å². The van der Waals surface area contributed by atoms with Crippen LogP contribution in [0.25, 0.3) is 0 Å². The molecule has 0 fully saturated rings. The van der Waals surface area contributed by atoms with Gasteiger partial charge in [-0.2, -0.15) is 0 Å². The molecule has 0 heterocycles. The summed E-state index contributed by atoms with van der Waals surface area (Å²) in [6, 6.07) is 12.2. The SMILES string of the molecule is COc1ccc(O)c(C(=O)N(C)c2ccc(C)cc2)c1. The average molecular weight is 271 g/mol. The lowest BCUT2D eigenvalue weighted by Crippen LogP contribution is -2.26. The number of hydrogen-bond donors (Lipinski definition) is 1. The van der Waals surface area contributed by atoms with Crippen LogP contribution in [0.4, 0.5) is 5.69 Å². The maximum absolute atomic E-state index is 12.4. The third kappa shape index (κ3) is 2.74. The van der Waals surface area contributed by atoms with E-state index in [9.17, 15) is 9.90 Å². The van der Waals surface area contributed by atoms with E-state index in [0.717, 1.165) is 11.3 Å². The largest absolute Gasteiger partial charge is 0.507 e. The monoisotopic (exact) mass is 271 g/mol. The van der Waals surface area contributed by atoms with Gasteiger partial charge in [-0.15, -0.1) is 0 Å². The van der Waals surface area contributed by atoms with Crippen molar-refractivity contribution < 1.29 is 14.6 Å². The summed E-state index contributed by atoms with van der Waals surface area (Å²) in [5.74, 6) is 0.184. The summed E-state index contributed by atoms with van der Waals surface area (Å²) in [4.78, 5) is 13.9. The molecule has 0 radical (unpaired) electrons. The summed E-state index contributed by atoms with van der Waals surface area (Å²) in [6.45, 7) is 1.99. The van der Waals surface area contributed by atoms with E-state index in [1.807, 2.05) is 31.2 Å². The highest BCUT2D eigenvalue weighted by molar-refractivity contribution is 6.07. The standard InChI is InChI=1S/C16H17NO3/c1-11-4-6-12(7-5-11)17(2)16(19)14-10-13(20-3)8-9-15(14)18/h4-10,18H,1-3H3. The van der Waals surface area contributed by atoms with Gasteiger partial charge in [-0.1, -0.05) is 17.7 Å². The number of aromatic hydroxyl groups is 1. The number of methoxy groups -OCH3 is 1. The van der Waals surface area contributed by atoms with E-state index in [4.69, 9.17) is 4.74 Å². The molecule has 20 heavy (non-hydrogen) atoms. The first kappa shape index (κ1) is 13.9. The van der Waals surface area contributed by atoms with Crippen LogP contribution in [0.2, 0.25) is 0 Å². The fourth-order valence-electron chi connectivity index (χ4n) is 1.88. The van der Waals surface area contributed by atoms with Gasteiger partial charge in [0, 0.05) is 12.7 Å². The molecule has 2 aromatic carbocycles. The molecule has 104 valence electrons. The van der Waals surface area contributed by atoms with E-state index in [0.29, 0.717) is 5.75 Å². The quantitative estimate of drug-likeness (QED) is 0.933. The maximum Gasteiger partial charge on any atom is 0.261 e. The first-order chi connectivity index (χ1) is 9.52. The number of amides is 1. The Morgan fingerprint density at radius 2 is 1.80 bits per heavy atom. The molecule has 0 saturated carbocycles. The predicted molar refractivity (Wildman–Crippen MR) is 78.6 cm³/mol. The Morgan fingerprint density at radius 1 is 1.15 bits per heavy atom. The number of phenols is 1. The molecule has 0 bridgehead atoms. The smallest absolute Gasteiger partial charge is 0.261 e. The number of nitrogens with zero attached hydrogens (tertiary/aromatic N) is 1. The Labute approximate surface area is 118 Å². The van der Waals surface area contributed by atoms with Crippen molar-refractivity contribution in [1.82, 2.24) is 0 Å². The highest BCUT2D eigenvalue weighted by atomic mass is 16.5. The van der Waals surface area contributed by atoms with Gasteiger partial charge in [0.25, 0.3) is 5.91 Å². The second kappa shape index (κ2) is 5.65. The highest BCUT2D eigenvalue weighted by Gasteiger charge is 2.18. The Bertz CT molecular complexity index is 620. The average Bonchev–Trinajstić information content (AvgIpc) is 2.47. The van der Waals surface area contributed by atoms with Gasteiger partial charge in [-0.3, -0.25) is 4.79 Å². The molecule has 0 aromatic heterocycles. The van der Waals surface area contributed by atoms with E-state index < -0.39 is 0 Å². The number of phenolic OH excluding ortho intramolecular Hbond substituents is 1. The zero-order valence-electron chi connectivity index (χ0n) is 11.8. The Kier molecular flexibility index (Phi) is 3.94. The molecule has 4 nitrogen and oxygen atoms in total. The van der Waals surface area contributed by atoms with E-state index in [-0.39, 0.29) is 17.2 Å². The van der Waals surface area contributed by atoms with Crippen LogP contribution in [0.1, 0.15) is 15.9 Å². The molecular formula is C16H17NO3. The van der Waals surface area contributed by atoms with Crippen molar-refractivity contribution in [3.63, 3.8) is 0 Å². The molecule has 0 aliphatic heterocycles. The number of ether oxygens (including phenoxy) is 1. The van der Waals surface area contributed by atoms with Crippen LogP contribution >= 0.6 is 0 Å². The van der Waals surface area contributed by atoms with Gasteiger partial charge in [0.2, 0.25) is 0 Å². The van der Waals surface area contributed by atoms with Gasteiger partial charge in [0.05, 0.1) is 12.7 Å². The minimum atomic E-state index is -0.287. The van der Waals surface area contributed by atoms with Crippen molar-refractivity contribution >= 4 is 11.6 Å². The van der Waals surface area contributed by atoms with Gasteiger partial charge in [-0.05, 0) is 37.3 Å². The van der Waals surface area contributed by atoms with E-state index in [1.54, 1.807) is 13.1 Å². The summed E-state index contributed by atoms with van der Waals surface area (Å²) in [7, 11) is 3.19. The molecule has 1 N–H and O–H groups in total. The van der Waals surface area contributed by atoms with Crippen LogP contribution in [0.5, 0.6) is 11.5 Å². The molecule has 2 aromatic rings. The lowest BCUT2D eigenvalue weighted by molar-refractivity contribution is 0.0990. The minimum absolute atomic E-state index is 0.0604. The van der Waals surface area contributed by atoms with Crippen LogP contribution in [0.3, 0.4) is 0 Å². The molecule has 0 spiro atoms. The van der Waals surface area contributed by atoms with Crippen molar-refractivity contribution in [3.8, 4) is 11.5 Å². The third-order valence-electron chi connectivity index (χ3n) is 3.16. The second-order valence-corrected chi connectivity index (χ2v) is 4.58. The second-order valence-electron chi connectivity index (χ2n) is 4.58. The number of carbonyl (C=O) groups is 1. The van der Waals surface area contributed by atoms with Crippen LogP contribution in [0, 0.1) is 6.92 Å². The lowest BCUT2D eigenvalue weighted by atomic mass is 10.1. The van der Waals surface area contributed by atoms with E-state index in [2.05, 4.69) is 0 Å². The summed E-state index contributed by atoms with van der Waals surface area (Å²) in [5.41, 5.74) is 2.11. The number of aryl methyl sites for hydroxylation is 1. The van der Waals surface area contributed by atoms with Crippen LogP contribution in [0.15, 0.2) is 42.5 Å². The van der Waals surface area contributed by atoms with E-state index >= 15 is 0 Å². The zero-order chi connectivity index (χ0) is 14.7. The third-order valence-corrected chi connectivity index (χ3v) is 3.16. The molecule has 0 atom stereocenters. The number of carbonyl (C=O) groups excluding carboxylic acids is 1. The molecular weight excluding hydrogens is 254 g/mol. The van der Waals surface area contributed by atoms with Crippen LogP contribution in [-0.4, -0.2) is 25.2 Å². The highest BCUT2D eigenvalue weighted by Crippen LogP contribution is 2.25. The molecule has 0 aliphatic rings. The summed E-state index contributed by atoms with van der Waals surface area (Å²) in [5, 5.41) is 9.84. The lowest BCUT2D eigenvalue weighted by Gasteiger charge is -2.18. The topological polar surface area (TPSA) is 49.8 Å².